The van der Waals surface area contributed by atoms with Gasteiger partial charge in [0.15, 0.2) is 0 Å². The molecule has 19 heavy (non-hydrogen) atoms. The number of nitrogens with two attached hydrogens (primary N) is 1. The fourth-order valence-corrected chi connectivity index (χ4v) is 3.14. The van der Waals surface area contributed by atoms with E-state index in [2.05, 4.69) is 37.6 Å². The summed E-state index contributed by atoms with van der Waals surface area (Å²) in [4.78, 5) is 4.57. The summed E-state index contributed by atoms with van der Waals surface area (Å²) in [7, 11) is 0. The molecule has 1 atom stereocenters. The van der Waals surface area contributed by atoms with Crippen molar-refractivity contribution >= 4 is 15.9 Å². The summed E-state index contributed by atoms with van der Waals surface area (Å²) in [6.45, 7) is 2.02. The Morgan fingerprint density at radius 1 is 1.32 bits per heavy atom. The monoisotopic (exact) mass is 319 g/mol. The molecule has 1 heterocycles. The van der Waals surface area contributed by atoms with Crippen molar-refractivity contribution in [1.82, 2.24) is 9.55 Å². The van der Waals surface area contributed by atoms with Crippen LogP contribution in [0, 0.1) is 0 Å². The SMILES string of the molecule is CC(N)c1ccc(Br)cc1-n1cnc2c1CCCC2. The summed E-state index contributed by atoms with van der Waals surface area (Å²) >= 11 is 3.55. The Bertz CT molecular complexity index is 601. The Morgan fingerprint density at radius 3 is 2.89 bits per heavy atom. The van der Waals surface area contributed by atoms with E-state index in [0.717, 1.165) is 28.6 Å². The Morgan fingerprint density at radius 2 is 2.11 bits per heavy atom. The largest absolute Gasteiger partial charge is 0.324 e. The first-order chi connectivity index (χ1) is 9.16. The molecule has 0 bridgehead atoms. The van der Waals surface area contributed by atoms with E-state index in [-0.39, 0.29) is 6.04 Å². The second kappa shape index (κ2) is 5.10. The third kappa shape index (κ3) is 2.35. The molecule has 0 fully saturated rings. The van der Waals surface area contributed by atoms with Gasteiger partial charge in [-0.25, -0.2) is 4.98 Å². The molecule has 0 radical (unpaired) electrons. The number of nitrogens with zero attached hydrogens (tertiary/aromatic N) is 2. The van der Waals surface area contributed by atoms with E-state index in [1.807, 2.05) is 19.3 Å². The minimum Gasteiger partial charge on any atom is -0.324 e. The molecule has 3 rings (SSSR count). The second-order valence-electron chi connectivity index (χ2n) is 5.21. The maximum Gasteiger partial charge on any atom is 0.0997 e. The Balaban J connectivity index is 2.16. The van der Waals surface area contributed by atoms with E-state index in [9.17, 15) is 0 Å². The third-order valence-electron chi connectivity index (χ3n) is 3.77. The fraction of sp³-hybridized carbons (Fsp3) is 0.400. The Kier molecular flexibility index (Phi) is 3.46. The highest BCUT2D eigenvalue weighted by Crippen LogP contribution is 2.29. The molecule has 2 N–H and O–H groups in total. The van der Waals surface area contributed by atoms with E-state index in [1.54, 1.807) is 0 Å². The van der Waals surface area contributed by atoms with Crippen molar-refractivity contribution in [2.75, 3.05) is 0 Å². The van der Waals surface area contributed by atoms with Crippen LogP contribution in [-0.4, -0.2) is 9.55 Å². The zero-order chi connectivity index (χ0) is 13.4. The summed E-state index contributed by atoms with van der Waals surface area (Å²) in [5, 5.41) is 0. The lowest BCUT2D eigenvalue weighted by molar-refractivity contribution is 0.654. The first kappa shape index (κ1) is 12.9. The predicted octanol–water partition coefficient (Wildman–Crippen LogP) is 3.53. The third-order valence-corrected chi connectivity index (χ3v) is 4.27. The van der Waals surface area contributed by atoms with Crippen LogP contribution < -0.4 is 5.73 Å². The van der Waals surface area contributed by atoms with Crippen molar-refractivity contribution in [2.45, 2.75) is 38.6 Å². The van der Waals surface area contributed by atoms with Gasteiger partial charge in [0.25, 0.3) is 0 Å². The fourth-order valence-electron chi connectivity index (χ4n) is 2.79. The van der Waals surface area contributed by atoms with Crippen LogP contribution in [0.25, 0.3) is 5.69 Å². The van der Waals surface area contributed by atoms with Crippen LogP contribution in [0.3, 0.4) is 0 Å². The molecule has 1 aromatic heterocycles. The smallest absolute Gasteiger partial charge is 0.0997 e. The van der Waals surface area contributed by atoms with Crippen LogP contribution in [-0.2, 0) is 12.8 Å². The van der Waals surface area contributed by atoms with E-state index >= 15 is 0 Å². The first-order valence-electron chi connectivity index (χ1n) is 6.77. The zero-order valence-corrected chi connectivity index (χ0v) is 12.7. The topological polar surface area (TPSA) is 43.8 Å². The Hall–Kier alpha value is -1.13. The van der Waals surface area contributed by atoms with Gasteiger partial charge in [-0.05, 0) is 50.3 Å². The van der Waals surface area contributed by atoms with E-state index in [1.165, 1.54) is 24.2 Å². The summed E-state index contributed by atoms with van der Waals surface area (Å²) in [6.07, 6.45) is 6.66. The number of rotatable bonds is 2. The number of benzene rings is 1. The van der Waals surface area contributed by atoms with Crippen LogP contribution in [0.4, 0.5) is 0 Å². The molecule has 1 aromatic carbocycles. The van der Waals surface area contributed by atoms with Crippen LogP contribution >= 0.6 is 15.9 Å². The van der Waals surface area contributed by atoms with Crippen molar-refractivity contribution in [3.8, 4) is 5.69 Å². The lowest BCUT2D eigenvalue weighted by Crippen LogP contribution is -2.12. The lowest BCUT2D eigenvalue weighted by Gasteiger charge is -2.18. The van der Waals surface area contributed by atoms with Crippen LogP contribution in [0.5, 0.6) is 0 Å². The number of aryl methyl sites for hydroxylation is 1. The van der Waals surface area contributed by atoms with Gasteiger partial charge in [-0.2, -0.15) is 0 Å². The maximum absolute atomic E-state index is 6.10. The summed E-state index contributed by atoms with van der Waals surface area (Å²) < 4.78 is 3.29. The molecule has 0 saturated heterocycles. The van der Waals surface area contributed by atoms with Gasteiger partial charge in [-0.3, -0.25) is 0 Å². The standard InChI is InChI=1S/C15H18BrN3/c1-10(17)12-7-6-11(16)8-15(12)19-9-18-13-4-2-3-5-14(13)19/h6-10H,2-5,17H2,1H3. The molecule has 3 nitrogen and oxygen atoms in total. The molecule has 0 amide bonds. The highest BCUT2D eigenvalue weighted by atomic mass is 79.9. The highest BCUT2D eigenvalue weighted by molar-refractivity contribution is 9.10. The number of hydrogen-bond donors (Lipinski definition) is 1. The zero-order valence-electron chi connectivity index (χ0n) is 11.1. The van der Waals surface area contributed by atoms with Gasteiger partial charge in [-0.15, -0.1) is 0 Å². The number of halogens is 1. The second-order valence-corrected chi connectivity index (χ2v) is 6.12. The Labute approximate surface area is 122 Å². The highest BCUT2D eigenvalue weighted by Gasteiger charge is 2.18. The van der Waals surface area contributed by atoms with Crippen LogP contribution in [0.2, 0.25) is 0 Å². The van der Waals surface area contributed by atoms with Crippen molar-refractivity contribution < 1.29 is 0 Å². The van der Waals surface area contributed by atoms with Gasteiger partial charge in [0.1, 0.15) is 0 Å². The lowest BCUT2D eigenvalue weighted by atomic mass is 10.00. The van der Waals surface area contributed by atoms with Crippen LogP contribution in [0.15, 0.2) is 29.0 Å². The molecule has 0 saturated carbocycles. The van der Waals surface area contributed by atoms with Crippen molar-refractivity contribution in [1.29, 1.82) is 0 Å². The normalized spacial score (nSPS) is 16.2. The van der Waals surface area contributed by atoms with E-state index in [4.69, 9.17) is 5.73 Å². The van der Waals surface area contributed by atoms with E-state index in [0.29, 0.717) is 0 Å². The molecular weight excluding hydrogens is 302 g/mol. The van der Waals surface area contributed by atoms with Gasteiger partial charge in [0, 0.05) is 16.2 Å². The quantitative estimate of drug-likeness (QED) is 0.920. The molecule has 2 aromatic rings. The van der Waals surface area contributed by atoms with Crippen molar-refractivity contribution in [2.24, 2.45) is 5.73 Å². The molecule has 1 unspecified atom stereocenters. The molecule has 1 aliphatic carbocycles. The predicted molar refractivity (Wildman–Crippen MR) is 80.5 cm³/mol. The van der Waals surface area contributed by atoms with Gasteiger partial charge in [0.05, 0.1) is 17.7 Å². The van der Waals surface area contributed by atoms with Gasteiger partial charge in [0.2, 0.25) is 0 Å². The average Bonchev–Trinajstić information content (AvgIpc) is 2.82. The minimum absolute atomic E-state index is 0.0183. The first-order valence-corrected chi connectivity index (χ1v) is 7.56. The van der Waals surface area contributed by atoms with Crippen LogP contribution in [0.1, 0.15) is 42.8 Å². The molecular formula is C15H18BrN3. The molecule has 4 heteroatoms. The molecule has 100 valence electrons. The van der Waals surface area contributed by atoms with Gasteiger partial charge in [-0.1, -0.05) is 22.0 Å². The van der Waals surface area contributed by atoms with Crippen molar-refractivity contribution in [3.63, 3.8) is 0 Å². The number of aromatic nitrogens is 2. The molecule has 0 spiro atoms. The van der Waals surface area contributed by atoms with Crippen molar-refractivity contribution in [3.05, 3.63) is 46.0 Å². The number of imidazole rings is 1. The van der Waals surface area contributed by atoms with Gasteiger partial charge < -0.3 is 10.3 Å². The number of hydrogen-bond acceptors (Lipinski definition) is 2. The molecule has 0 aliphatic heterocycles. The summed E-state index contributed by atoms with van der Waals surface area (Å²) in [6, 6.07) is 6.30. The minimum atomic E-state index is 0.0183. The van der Waals surface area contributed by atoms with Gasteiger partial charge >= 0.3 is 0 Å². The molecule has 1 aliphatic rings. The average molecular weight is 320 g/mol. The maximum atomic E-state index is 6.10. The van der Waals surface area contributed by atoms with E-state index < -0.39 is 0 Å². The summed E-state index contributed by atoms with van der Waals surface area (Å²) in [5.74, 6) is 0. The number of fused-ring (bicyclic) bond motifs is 1. The summed E-state index contributed by atoms with van der Waals surface area (Å²) in [5.41, 5.74) is 11.0.